The highest BCUT2D eigenvalue weighted by Crippen LogP contribution is 2.31. The molecular weight excluding hydrogens is 432 g/mol. The summed E-state index contributed by atoms with van der Waals surface area (Å²) in [4.78, 5) is 32.4. The average molecular weight is 453 g/mol. The van der Waals surface area contributed by atoms with Gasteiger partial charge in [-0.1, -0.05) is 42.2 Å². The van der Waals surface area contributed by atoms with E-state index in [0.717, 1.165) is 10.4 Å². The molecule has 0 N–H and O–H groups in total. The first-order valence-corrected chi connectivity index (χ1v) is 11.2. The van der Waals surface area contributed by atoms with E-state index in [1.54, 1.807) is 42.1 Å². The third kappa shape index (κ3) is 4.04. The van der Waals surface area contributed by atoms with Crippen molar-refractivity contribution in [3.05, 3.63) is 95.8 Å². The zero-order valence-electron chi connectivity index (χ0n) is 17.0. The van der Waals surface area contributed by atoms with Crippen molar-refractivity contribution in [2.24, 2.45) is 4.99 Å². The second-order valence-electron chi connectivity index (χ2n) is 6.76. The normalized spacial score (nSPS) is 15.9. The molecule has 4 rings (SSSR count). The molecule has 31 heavy (non-hydrogen) atoms. The highest BCUT2D eigenvalue weighted by Gasteiger charge is 2.33. The van der Waals surface area contributed by atoms with Gasteiger partial charge < -0.3 is 9.47 Å². The Morgan fingerprint density at radius 3 is 2.71 bits per heavy atom. The van der Waals surface area contributed by atoms with Crippen molar-refractivity contribution < 1.29 is 14.3 Å². The molecular formula is C23H20N2O4S2. The Balaban J connectivity index is 1.93. The van der Waals surface area contributed by atoms with Crippen LogP contribution in [-0.4, -0.2) is 24.3 Å². The molecule has 1 aliphatic rings. The van der Waals surface area contributed by atoms with E-state index >= 15 is 0 Å². The lowest BCUT2D eigenvalue weighted by Crippen LogP contribution is -2.39. The Morgan fingerprint density at radius 1 is 1.29 bits per heavy atom. The van der Waals surface area contributed by atoms with Crippen LogP contribution in [0.1, 0.15) is 23.4 Å². The van der Waals surface area contributed by atoms with Crippen molar-refractivity contribution in [3.63, 3.8) is 0 Å². The van der Waals surface area contributed by atoms with E-state index in [1.807, 2.05) is 35.7 Å². The van der Waals surface area contributed by atoms with Crippen LogP contribution < -0.4 is 19.6 Å². The first kappa shape index (κ1) is 21.0. The van der Waals surface area contributed by atoms with E-state index < -0.39 is 12.0 Å². The molecule has 3 heterocycles. The number of hydrogen-bond donors (Lipinski definition) is 0. The molecule has 0 bridgehead atoms. The van der Waals surface area contributed by atoms with Gasteiger partial charge in [0.15, 0.2) is 4.80 Å². The van der Waals surface area contributed by atoms with Crippen molar-refractivity contribution in [3.8, 4) is 5.75 Å². The third-order valence-electron chi connectivity index (χ3n) is 4.82. The summed E-state index contributed by atoms with van der Waals surface area (Å²) < 4.78 is 12.7. The van der Waals surface area contributed by atoms with E-state index in [1.165, 1.54) is 17.4 Å². The molecule has 0 spiro atoms. The van der Waals surface area contributed by atoms with Gasteiger partial charge in [0.05, 0.1) is 29.0 Å². The average Bonchev–Trinajstić information content (AvgIpc) is 3.39. The molecule has 0 saturated heterocycles. The molecule has 0 aliphatic carbocycles. The van der Waals surface area contributed by atoms with Crippen molar-refractivity contribution in [2.75, 3.05) is 13.7 Å². The summed E-state index contributed by atoms with van der Waals surface area (Å²) in [6, 6.07) is 10.5. The van der Waals surface area contributed by atoms with Gasteiger partial charge in [-0.3, -0.25) is 9.36 Å². The third-order valence-corrected chi connectivity index (χ3v) is 6.62. The fourth-order valence-electron chi connectivity index (χ4n) is 3.40. The van der Waals surface area contributed by atoms with Crippen LogP contribution in [0.3, 0.4) is 0 Å². The van der Waals surface area contributed by atoms with Gasteiger partial charge in [0.1, 0.15) is 12.4 Å². The lowest BCUT2D eigenvalue weighted by Gasteiger charge is -2.24. The highest BCUT2D eigenvalue weighted by atomic mass is 32.1. The molecule has 0 saturated carbocycles. The van der Waals surface area contributed by atoms with Gasteiger partial charge in [-0.05, 0) is 42.1 Å². The second kappa shape index (κ2) is 8.87. The molecule has 8 heteroatoms. The quantitative estimate of drug-likeness (QED) is 0.426. The summed E-state index contributed by atoms with van der Waals surface area (Å²) in [7, 11) is 1.59. The van der Waals surface area contributed by atoms with E-state index in [-0.39, 0.29) is 12.2 Å². The minimum Gasteiger partial charge on any atom is -0.497 e. The maximum Gasteiger partial charge on any atom is 0.338 e. The smallest absolute Gasteiger partial charge is 0.338 e. The van der Waals surface area contributed by atoms with E-state index in [9.17, 15) is 9.59 Å². The Hall–Kier alpha value is -3.23. The molecule has 1 atom stereocenters. The van der Waals surface area contributed by atoms with Crippen molar-refractivity contribution in [1.82, 2.24) is 4.57 Å². The lowest BCUT2D eigenvalue weighted by atomic mass is 9.96. The number of thiazole rings is 1. The lowest BCUT2D eigenvalue weighted by molar-refractivity contribution is -0.138. The molecule has 0 amide bonds. The molecule has 1 aromatic carbocycles. The largest absolute Gasteiger partial charge is 0.497 e. The van der Waals surface area contributed by atoms with Crippen LogP contribution in [0.4, 0.5) is 0 Å². The second-order valence-corrected chi connectivity index (χ2v) is 8.75. The summed E-state index contributed by atoms with van der Waals surface area (Å²) in [5.41, 5.74) is 1.44. The van der Waals surface area contributed by atoms with Crippen LogP contribution in [0, 0.1) is 0 Å². The maximum atomic E-state index is 13.4. The molecule has 2 aromatic heterocycles. The van der Waals surface area contributed by atoms with Gasteiger partial charge in [0, 0.05) is 4.88 Å². The summed E-state index contributed by atoms with van der Waals surface area (Å²) in [5, 5.41) is 1.96. The van der Waals surface area contributed by atoms with Crippen molar-refractivity contribution in [2.45, 2.75) is 13.0 Å². The number of methoxy groups -OCH3 is 1. The topological polar surface area (TPSA) is 69.9 Å². The van der Waals surface area contributed by atoms with Crippen LogP contribution in [0.5, 0.6) is 5.75 Å². The maximum absolute atomic E-state index is 13.4. The number of fused-ring (bicyclic) bond motifs is 1. The number of allylic oxidation sites excluding steroid dienone is 1. The predicted octanol–water partition coefficient (Wildman–Crippen LogP) is 3.03. The van der Waals surface area contributed by atoms with Gasteiger partial charge in [0.2, 0.25) is 0 Å². The monoisotopic (exact) mass is 452 g/mol. The Kier molecular flexibility index (Phi) is 6.01. The van der Waals surface area contributed by atoms with Gasteiger partial charge in [-0.15, -0.1) is 11.3 Å². The summed E-state index contributed by atoms with van der Waals surface area (Å²) in [6.07, 6.45) is 3.36. The number of aromatic nitrogens is 1. The van der Waals surface area contributed by atoms with E-state index in [0.29, 0.717) is 26.4 Å². The number of benzene rings is 1. The van der Waals surface area contributed by atoms with Crippen LogP contribution in [-0.2, 0) is 9.53 Å². The van der Waals surface area contributed by atoms with E-state index in [2.05, 4.69) is 11.6 Å². The number of nitrogens with zero attached hydrogens (tertiary/aromatic N) is 2. The predicted molar refractivity (Wildman–Crippen MR) is 122 cm³/mol. The fraction of sp³-hybridized carbons (Fsp3) is 0.174. The molecule has 0 radical (unpaired) electrons. The van der Waals surface area contributed by atoms with Gasteiger partial charge in [-0.25, -0.2) is 9.79 Å². The first-order chi connectivity index (χ1) is 15.0. The molecule has 6 nitrogen and oxygen atoms in total. The number of ether oxygens (including phenoxy) is 2. The van der Waals surface area contributed by atoms with Crippen LogP contribution in [0.15, 0.2) is 75.5 Å². The Morgan fingerprint density at radius 2 is 2.06 bits per heavy atom. The number of carbonyl (C=O) groups excluding carboxylic acids is 1. The number of esters is 1. The summed E-state index contributed by atoms with van der Waals surface area (Å²) in [5.74, 6) is 0.167. The minimum atomic E-state index is -0.648. The van der Waals surface area contributed by atoms with Crippen LogP contribution >= 0.6 is 22.7 Å². The standard InChI is InChI=1S/C23H20N2O4S2/c1-4-11-29-22(27)19-14(2)24-23-25(20(19)15-7-9-16(28-3)10-8-15)21(26)18(31-23)13-17-6-5-12-30-17/h4-10,12-13,20H,1,11H2,2-3H3. The molecule has 158 valence electrons. The number of carbonyl (C=O) groups is 1. The van der Waals surface area contributed by atoms with Crippen LogP contribution in [0.25, 0.3) is 6.08 Å². The van der Waals surface area contributed by atoms with Crippen molar-refractivity contribution in [1.29, 1.82) is 0 Å². The first-order valence-electron chi connectivity index (χ1n) is 9.51. The molecule has 3 aromatic rings. The molecule has 1 unspecified atom stereocenters. The molecule has 0 fully saturated rings. The zero-order valence-corrected chi connectivity index (χ0v) is 18.7. The summed E-state index contributed by atoms with van der Waals surface area (Å²) >= 11 is 2.86. The van der Waals surface area contributed by atoms with E-state index in [4.69, 9.17) is 9.47 Å². The highest BCUT2D eigenvalue weighted by molar-refractivity contribution is 7.11. The van der Waals surface area contributed by atoms with Gasteiger partial charge in [0.25, 0.3) is 5.56 Å². The Bertz CT molecular complexity index is 1330. The zero-order chi connectivity index (χ0) is 22.0. The fourth-order valence-corrected chi connectivity index (χ4v) is 5.17. The van der Waals surface area contributed by atoms with Gasteiger partial charge in [-0.2, -0.15) is 0 Å². The SMILES string of the molecule is C=CCOC(=O)C1=C(C)N=c2sc(=Cc3cccs3)c(=O)n2C1c1ccc(OC)cc1. The van der Waals surface area contributed by atoms with Gasteiger partial charge >= 0.3 is 5.97 Å². The number of hydrogen-bond acceptors (Lipinski definition) is 7. The Labute approximate surface area is 186 Å². The van der Waals surface area contributed by atoms with Crippen molar-refractivity contribution >= 4 is 34.7 Å². The summed E-state index contributed by atoms with van der Waals surface area (Å²) in [6.45, 7) is 5.43. The molecule has 1 aliphatic heterocycles. The number of thiophene rings is 1. The van der Waals surface area contributed by atoms with Crippen LogP contribution in [0.2, 0.25) is 0 Å². The number of rotatable bonds is 6. The minimum absolute atomic E-state index is 0.0771.